The maximum absolute atomic E-state index is 13.1. The molecule has 0 unspecified atom stereocenters. The number of sulfonamides is 2. The van der Waals surface area contributed by atoms with Gasteiger partial charge in [-0.25, -0.2) is 45.2 Å². The third-order valence-electron chi connectivity index (χ3n) is 10.9. The molecule has 4 heterocycles. The van der Waals surface area contributed by atoms with E-state index in [1.54, 1.807) is 91.4 Å². The van der Waals surface area contributed by atoms with Crippen LogP contribution < -0.4 is 19.3 Å². The molecule has 0 aliphatic carbocycles. The van der Waals surface area contributed by atoms with E-state index in [1.165, 1.54) is 39.5 Å². The summed E-state index contributed by atoms with van der Waals surface area (Å²) in [5.74, 6) is 2.12. The Kier molecular flexibility index (Phi) is 16.3. The Labute approximate surface area is 399 Å². The molecule has 2 fully saturated rings. The van der Waals surface area contributed by atoms with Crippen molar-refractivity contribution >= 4 is 53.5 Å². The molecular formula is C47H56N8O8S4. The summed E-state index contributed by atoms with van der Waals surface area (Å²) in [6, 6.07) is 31.1. The van der Waals surface area contributed by atoms with Gasteiger partial charge in [-0.3, -0.25) is 0 Å². The van der Waals surface area contributed by atoms with Crippen LogP contribution in [-0.4, -0.2) is 120 Å². The number of methoxy groups -OCH3 is 2. The minimum absolute atomic E-state index is 0. The lowest BCUT2D eigenvalue weighted by Crippen LogP contribution is -2.49. The number of hydrogen-bond donors (Lipinski definition) is 0. The van der Waals surface area contributed by atoms with Gasteiger partial charge in [0.2, 0.25) is 41.8 Å². The smallest absolute Gasteiger partial charge is 0.243 e. The number of rotatable bonds is 12. The molecule has 2 saturated heterocycles. The normalized spacial score (nSPS) is 15.0. The number of hydrogen-bond acceptors (Lipinski definition) is 15. The van der Waals surface area contributed by atoms with Crippen LogP contribution in [0.2, 0.25) is 0 Å². The van der Waals surface area contributed by atoms with E-state index in [9.17, 15) is 25.3 Å². The lowest BCUT2D eigenvalue weighted by molar-refractivity contribution is 0.381. The Morgan fingerprint density at radius 3 is 1.30 bits per heavy atom. The van der Waals surface area contributed by atoms with Crippen LogP contribution in [0.4, 0.5) is 11.9 Å². The van der Waals surface area contributed by atoms with Crippen LogP contribution in [0.1, 0.15) is 29.9 Å². The summed E-state index contributed by atoms with van der Waals surface area (Å²) in [4.78, 5) is 23.7. The molecule has 2 aliphatic rings. The van der Waals surface area contributed by atoms with E-state index in [-0.39, 0.29) is 46.2 Å². The van der Waals surface area contributed by atoms with Crippen molar-refractivity contribution in [2.75, 3.05) is 76.4 Å². The first-order chi connectivity index (χ1) is 31.5. The van der Waals surface area contributed by atoms with Gasteiger partial charge >= 0.3 is 0 Å². The number of aryl methyl sites for hydroxylation is 4. The molecule has 2 aliphatic heterocycles. The number of sulfone groups is 1. The Balaban J connectivity index is 0.000000218. The van der Waals surface area contributed by atoms with Crippen molar-refractivity contribution in [1.82, 2.24) is 28.5 Å². The van der Waals surface area contributed by atoms with Crippen molar-refractivity contribution < 1.29 is 34.7 Å². The molecule has 0 saturated carbocycles. The predicted octanol–water partition coefficient (Wildman–Crippen LogP) is 6.85. The summed E-state index contributed by atoms with van der Waals surface area (Å²) in [6.07, 6.45) is 0. The number of benzene rings is 4. The number of ether oxygens (including phenoxy) is 2. The zero-order chi connectivity index (χ0) is 47.2. The Morgan fingerprint density at radius 2 is 0.866 bits per heavy atom. The van der Waals surface area contributed by atoms with E-state index in [2.05, 4.69) is 46.1 Å². The fraction of sp³-hybridized carbons (Fsp3) is 0.319. The molecule has 6 aromatic rings. The molecule has 0 bridgehead atoms. The lowest BCUT2D eigenvalue weighted by Gasteiger charge is -2.34. The summed E-state index contributed by atoms with van der Waals surface area (Å²) in [5, 5.41) is 0.803. The number of anilines is 2. The summed E-state index contributed by atoms with van der Waals surface area (Å²) < 4.78 is 91.4. The van der Waals surface area contributed by atoms with Gasteiger partial charge in [-0.2, -0.15) is 8.61 Å². The Morgan fingerprint density at radius 1 is 0.478 bits per heavy atom. The second-order valence-electron chi connectivity index (χ2n) is 15.7. The highest BCUT2D eigenvalue weighted by molar-refractivity contribution is 7.99. The molecule has 0 N–H and O–H groups in total. The molecule has 0 radical (unpaired) electrons. The van der Waals surface area contributed by atoms with Crippen LogP contribution in [0.5, 0.6) is 11.5 Å². The molecule has 4 aromatic carbocycles. The molecule has 0 atom stereocenters. The zero-order valence-corrected chi connectivity index (χ0v) is 40.8. The van der Waals surface area contributed by atoms with E-state index in [0.717, 1.165) is 21.2 Å². The molecule has 67 heavy (non-hydrogen) atoms. The van der Waals surface area contributed by atoms with Crippen molar-refractivity contribution in [3.8, 4) is 11.5 Å². The average molecular weight is 989 g/mol. The fourth-order valence-corrected chi connectivity index (χ4v) is 12.1. The number of aromatic nitrogens is 4. The molecule has 356 valence electrons. The van der Waals surface area contributed by atoms with Gasteiger partial charge in [0.1, 0.15) is 16.5 Å². The van der Waals surface area contributed by atoms with Crippen LogP contribution >= 0.6 is 11.8 Å². The van der Waals surface area contributed by atoms with Gasteiger partial charge in [0, 0.05) is 68.6 Å². The van der Waals surface area contributed by atoms with Gasteiger partial charge in [0.15, 0.2) is 5.03 Å². The molecule has 0 amide bonds. The first-order valence-corrected chi connectivity index (χ1v) is 26.2. The lowest BCUT2D eigenvalue weighted by atomic mass is 10.2. The van der Waals surface area contributed by atoms with Crippen molar-refractivity contribution in [3.63, 3.8) is 0 Å². The average Bonchev–Trinajstić information content (AvgIpc) is 3.32. The van der Waals surface area contributed by atoms with Gasteiger partial charge in [0.25, 0.3) is 0 Å². The Bertz CT molecular complexity index is 2970. The summed E-state index contributed by atoms with van der Waals surface area (Å²) in [7, 11) is -7.94. The predicted molar refractivity (Wildman–Crippen MR) is 260 cm³/mol. The molecule has 16 nitrogen and oxygen atoms in total. The molecular weight excluding hydrogens is 933 g/mol. The van der Waals surface area contributed by atoms with E-state index in [1.807, 2.05) is 24.8 Å². The maximum Gasteiger partial charge on any atom is 0.243 e. The van der Waals surface area contributed by atoms with Crippen molar-refractivity contribution in [2.24, 2.45) is 0 Å². The summed E-state index contributed by atoms with van der Waals surface area (Å²) in [6.45, 7) is 10.6. The van der Waals surface area contributed by atoms with Crippen molar-refractivity contribution in [2.45, 2.75) is 64.8 Å². The third kappa shape index (κ3) is 12.1. The second-order valence-corrected chi connectivity index (χ2v) is 22.5. The summed E-state index contributed by atoms with van der Waals surface area (Å²) in [5.41, 5.74) is 3.58. The van der Waals surface area contributed by atoms with Gasteiger partial charge < -0.3 is 19.3 Å². The number of nitrogens with zero attached hydrogens (tertiary/aromatic N) is 8. The maximum atomic E-state index is 13.1. The largest absolute Gasteiger partial charge is 0.497 e. The van der Waals surface area contributed by atoms with Crippen LogP contribution in [-0.2, 0) is 29.9 Å². The fourth-order valence-electron chi connectivity index (χ4n) is 7.14. The topological polar surface area (TPSA) is 185 Å². The van der Waals surface area contributed by atoms with Gasteiger partial charge in [-0.1, -0.05) is 54.6 Å². The van der Waals surface area contributed by atoms with Crippen LogP contribution in [0.3, 0.4) is 0 Å². The highest BCUT2D eigenvalue weighted by Gasteiger charge is 2.32. The second kappa shape index (κ2) is 21.5. The minimum atomic E-state index is -3.81. The minimum Gasteiger partial charge on any atom is -0.497 e. The standard InChI is InChI=1S/C23H26N4O5S2.C23H26N4O3S2.CH4/c1-17-4-8-20(9-5-17)33(28,29)22-16-18(2)24-23(25-22)26-12-14-27(15-13-26)34(30,31)21-10-6-19(32-3)7-11-21;1-17-4-8-20(9-5-17)31-22-16-18(2)24-23(25-22)26-12-14-27(15-13-26)32(28,29)21-10-6-19(30-3)7-11-21;/h4-11,16H,12-15H2,1-3H3;4-11,16H,12-15H2,1-3H3;1H4. The monoisotopic (exact) mass is 988 g/mol. The quantitative estimate of drug-likeness (QED) is 0.116. The first-order valence-electron chi connectivity index (χ1n) is 21.0. The highest BCUT2D eigenvalue weighted by Crippen LogP contribution is 2.30. The first kappa shape index (κ1) is 50.8. The van der Waals surface area contributed by atoms with Crippen LogP contribution in [0.25, 0.3) is 0 Å². The van der Waals surface area contributed by atoms with Crippen LogP contribution in [0, 0.1) is 27.7 Å². The van der Waals surface area contributed by atoms with Gasteiger partial charge in [-0.05, 0) is 113 Å². The van der Waals surface area contributed by atoms with E-state index in [0.29, 0.717) is 62.4 Å². The van der Waals surface area contributed by atoms with Gasteiger partial charge in [0.05, 0.1) is 28.9 Å². The van der Waals surface area contributed by atoms with E-state index < -0.39 is 29.9 Å². The van der Waals surface area contributed by atoms with E-state index >= 15 is 0 Å². The van der Waals surface area contributed by atoms with Crippen molar-refractivity contribution in [1.29, 1.82) is 0 Å². The molecule has 20 heteroatoms. The van der Waals surface area contributed by atoms with Gasteiger partial charge in [-0.15, -0.1) is 0 Å². The SMILES string of the molecule is C.COc1ccc(S(=O)(=O)N2CCN(c3nc(C)cc(S(=O)(=O)c4ccc(C)cc4)n3)CC2)cc1.COc1ccc(S(=O)(=O)N2CCN(c3nc(C)cc(Sc4ccc(C)cc4)n3)CC2)cc1. The summed E-state index contributed by atoms with van der Waals surface area (Å²) >= 11 is 1.60. The van der Waals surface area contributed by atoms with Crippen LogP contribution in [0.15, 0.2) is 139 Å². The highest BCUT2D eigenvalue weighted by atomic mass is 32.2. The zero-order valence-electron chi connectivity index (χ0n) is 37.5. The third-order valence-corrected chi connectivity index (χ3v) is 17.3. The van der Waals surface area contributed by atoms with Crippen molar-refractivity contribution in [3.05, 3.63) is 132 Å². The van der Waals surface area contributed by atoms with E-state index in [4.69, 9.17) is 14.5 Å². The molecule has 2 aromatic heterocycles. The Hall–Kier alpha value is -5.64. The molecule has 0 spiro atoms. The molecule has 8 rings (SSSR count). The number of piperazine rings is 2.